The number of hydrogen-bond donors (Lipinski definition) is 1. The molecule has 0 aliphatic carbocycles. The van der Waals surface area contributed by atoms with Crippen LogP contribution in [-0.2, 0) is 11.2 Å². The average Bonchev–Trinajstić information content (AvgIpc) is 2.33. The first kappa shape index (κ1) is 14.8. The van der Waals surface area contributed by atoms with Gasteiger partial charge in [-0.25, -0.2) is 0 Å². The summed E-state index contributed by atoms with van der Waals surface area (Å²) in [4.78, 5) is 10.5. The molecule has 0 bridgehead atoms. The zero-order chi connectivity index (χ0) is 13.7. The molecule has 1 aromatic carbocycles. The van der Waals surface area contributed by atoms with Crippen LogP contribution in [0.5, 0.6) is 11.5 Å². The number of carboxylic acids is 1. The van der Waals surface area contributed by atoms with Crippen molar-refractivity contribution in [3.05, 3.63) is 21.7 Å². The number of carbonyl (C=O) groups is 1. The molecule has 100 valence electrons. The average molecular weight is 317 g/mol. The number of hydrogen-bond acceptors (Lipinski definition) is 3. The van der Waals surface area contributed by atoms with Crippen molar-refractivity contribution in [1.29, 1.82) is 0 Å². The zero-order valence-electron chi connectivity index (χ0n) is 10.7. The van der Waals surface area contributed by atoms with E-state index in [1.807, 2.05) is 13.0 Å². The Morgan fingerprint density at radius 3 is 2.56 bits per heavy atom. The number of carboxylic acid groups (broad SMARTS) is 1. The third-order valence-corrected chi connectivity index (χ3v) is 3.76. The largest absolute Gasteiger partial charge is 0.493 e. The molecule has 1 N–H and O–H groups in total. The Balaban J connectivity index is 2.98. The Hall–Kier alpha value is -1.23. The van der Waals surface area contributed by atoms with Gasteiger partial charge < -0.3 is 14.6 Å². The Morgan fingerprint density at radius 2 is 2.06 bits per heavy atom. The topological polar surface area (TPSA) is 55.8 Å². The van der Waals surface area contributed by atoms with Gasteiger partial charge in [0.2, 0.25) is 0 Å². The van der Waals surface area contributed by atoms with Crippen LogP contribution in [0.2, 0.25) is 0 Å². The van der Waals surface area contributed by atoms with Crippen LogP contribution in [0.4, 0.5) is 0 Å². The maximum Gasteiger partial charge on any atom is 0.303 e. The van der Waals surface area contributed by atoms with Crippen LogP contribution in [0.1, 0.15) is 24.0 Å². The molecule has 0 aliphatic heterocycles. The maximum atomic E-state index is 10.5. The lowest BCUT2D eigenvalue weighted by molar-refractivity contribution is -0.137. The molecular formula is C13H17BrO4. The standard InChI is InChI=1S/C13H17BrO4/c1-8-9(5-4-6-11(15)16)7-10(17-2)13(18-3)12(8)14/h7H,4-6H2,1-3H3,(H,15,16). The Labute approximate surface area is 115 Å². The quantitative estimate of drug-likeness (QED) is 0.875. The van der Waals surface area contributed by atoms with Gasteiger partial charge in [-0.3, -0.25) is 4.79 Å². The summed E-state index contributed by atoms with van der Waals surface area (Å²) < 4.78 is 11.4. The number of methoxy groups -OCH3 is 2. The molecule has 5 heteroatoms. The van der Waals surface area contributed by atoms with Crippen LogP contribution in [-0.4, -0.2) is 25.3 Å². The number of ether oxygens (including phenoxy) is 2. The van der Waals surface area contributed by atoms with Gasteiger partial charge in [-0.05, 0) is 52.9 Å². The zero-order valence-corrected chi connectivity index (χ0v) is 12.3. The summed E-state index contributed by atoms with van der Waals surface area (Å²) in [5, 5.41) is 8.64. The van der Waals surface area contributed by atoms with Crippen LogP contribution in [0, 0.1) is 6.92 Å². The third-order valence-electron chi connectivity index (χ3n) is 2.80. The molecule has 0 aromatic heterocycles. The second-order valence-corrected chi connectivity index (χ2v) is 4.75. The highest BCUT2D eigenvalue weighted by Gasteiger charge is 2.15. The smallest absolute Gasteiger partial charge is 0.303 e. The minimum absolute atomic E-state index is 0.172. The van der Waals surface area contributed by atoms with Gasteiger partial charge in [-0.15, -0.1) is 0 Å². The van der Waals surface area contributed by atoms with Gasteiger partial charge in [0.05, 0.1) is 18.7 Å². The summed E-state index contributed by atoms with van der Waals surface area (Å²) in [5.41, 5.74) is 2.12. The Kier molecular flexibility index (Phi) is 5.47. The van der Waals surface area contributed by atoms with Crippen LogP contribution in [0.15, 0.2) is 10.5 Å². The molecule has 4 nitrogen and oxygen atoms in total. The normalized spacial score (nSPS) is 10.2. The van der Waals surface area contributed by atoms with Gasteiger partial charge >= 0.3 is 5.97 Å². The molecule has 0 fully saturated rings. The van der Waals surface area contributed by atoms with Crippen molar-refractivity contribution in [2.24, 2.45) is 0 Å². The SMILES string of the molecule is COc1cc(CCCC(=O)O)c(C)c(Br)c1OC. The van der Waals surface area contributed by atoms with E-state index in [0.717, 1.165) is 15.6 Å². The highest BCUT2D eigenvalue weighted by molar-refractivity contribution is 9.10. The van der Waals surface area contributed by atoms with Crippen molar-refractivity contribution in [3.8, 4) is 11.5 Å². The first-order valence-electron chi connectivity index (χ1n) is 5.63. The van der Waals surface area contributed by atoms with E-state index in [-0.39, 0.29) is 6.42 Å². The summed E-state index contributed by atoms with van der Waals surface area (Å²) in [6, 6.07) is 1.90. The van der Waals surface area contributed by atoms with Crippen molar-refractivity contribution in [1.82, 2.24) is 0 Å². The number of aliphatic carboxylic acids is 1. The van der Waals surface area contributed by atoms with Gasteiger partial charge in [-0.1, -0.05) is 0 Å². The fraction of sp³-hybridized carbons (Fsp3) is 0.462. The van der Waals surface area contributed by atoms with Crippen molar-refractivity contribution >= 4 is 21.9 Å². The fourth-order valence-corrected chi connectivity index (χ4v) is 2.39. The molecule has 0 atom stereocenters. The first-order chi connectivity index (χ1) is 8.51. The summed E-state index contributed by atoms with van der Waals surface area (Å²) in [6.07, 6.45) is 1.49. The highest BCUT2D eigenvalue weighted by atomic mass is 79.9. The Bertz CT molecular complexity index is 443. The molecular weight excluding hydrogens is 300 g/mol. The molecule has 18 heavy (non-hydrogen) atoms. The number of aryl methyl sites for hydroxylation is 1. The van der Waals surface area contributed by atoms with E-state index >= 15 is 0 Å². The summed E-state index contributed by atoms with van der Waals surface area (Å²) >= 11 is 3.48. The molecule has 0 heterocycles. The predicted octanol–water partition coefficient (Wildman–Crippen LogP) is 3.18. The molecule has 0 saturated carbocycles. The lowest BCUT2D eigenvalue weighted by atomic mass is 10.0. The Morgan fingerprint density at radius 1 is 1.39 bits per heavy atom. The van der Waals surface area contributed by atoms with Crippen LogP contribution in [0.25, 0.3) is 0 Å². The predicted molar refractivity (Wildman–Crippen MR) is 72.6 cm³/mol. The van der Waals surface area contributed by atoms with Crippen molar-refractivity contribution < 1.29 is 19.4 Å². The van der Waals surface area contributed by atoms with Crippen molar-refractivity contribution in [3.63, 3.8) is 0 Å². The molecule has 0 amide bonds. The van der Waals surface area contributed by atoms with E-state index in [2.05, 4.69) is 15.9 Å². The van der Waals surface area contributed by atoms with Gasteiger partial charge in [0.1, 0.15) is 0 Å². The van der Waals surface area contributed by atoms with E-state index in [4.69, 9.17) is 14.6 Å². The fourth-order valence-electron chi connectivity index (χ4n) is 1.78. The van der Waals surface area contributed by atoms with Crippen LogP contribution in [0.3, 0.4) is 0 Å². The maximum absolute atomic E-state index is 10.5. The lowest BCUT2D eigenvalue weighted by Gasteiger charge is -2.15. The summed E-state index contributed by atoms with van der Waals surface area (Å²) in [5.74, 6) is 0.546. The molecule has 1 aromatic rings. The van der Waals surface area contributed by atoms with E-state index < -0.39 is 5.97 Å². The van der Waals surface area contributed by atoms with Crippen molar-refractivity contribution in [2.45, 2.75) is 26.2 Å². The van der Waals surface area contributed by atoms with Crippen LogP contribution < -0.4 is 9.47 Å². The van der Waals surface area contributed by atoms with E-state index in [0.29, 0.717) is 24.3 Å². The monoisotopic (exact) mass is 316 g/mol. The molecule has 1 rings (SSSR count). The van der Waals surface area contributed by atoms with E-state index in [1.54, 1.807) is 14.2 Å². The number of rotatable bonds is 6. The van der Waals surface area contributed by atoms with Gasteiger partial charge in [0.25, 0.3) is 0 Å². The lowest BCUT2D eigenvalue weighted by Crippen LogP contribution is -2.00. The minimum atomic E-state index is -0.771. The van der Waals surface area contributed by atoms with Crippen LogP contribution >= 0.6 is 15.9 Å². The number of halogens is 1. The number of benzene rings is 1. The molecule has 0 aliphatic rings. The highest BCUT2D eigenvalue weighted by Crippen LogP contribution is 2.39. The van der Waals surface area contributed by atoms with Gasteiger partial charge in [-0.2, -0.15) is 0 Å². The van der Waals surface area contributed by atoms with Gasteiger partial charge in [0, 0.05) is 6.42 Å². The third kappa shape index (κ3) is 3.38. The van der Waals surface area contributed by atoms with E-state index in [1.165, 1.54) is 0 Å². The second kappa shape index (κ2) is 6.64. The van der Waals surface area contributed by atoms with E-state index in [9.17, 15) is 4.79 Å². The molecule has 0 unspecified atom stereocenters. The molecule has 0 radical (unpaired) electrons. The molecule has 0 spiro atoms. The van der Waals surface area contributed by atoms with Gasteiger partial charge in [0.15, 0.2) is 11.5 Å². The minimum Gasteiger partial charge on any atom is -0.493 e. The summed E-state index contributed by atoms with van der Waals surface area (Å²) in [6.45, 7) is 1.97. The van der Waals surface area contributed by atoms with Crippen molar-refractivity contribution in [2.75, 3.05) is 14.2 Å². The molecule has 0 saturated heterocycles. The second-order valence-electron chi connectivity index (χ2n) is 3.96. The summed E-state index contributed by atoms with van der Waals surface area (Å²) in [7, 11) is 3.17. The first-order valence-corrected chi connectivity index (χ1v) is 6.42.